The Labute approximate surface area is 391 Å². The number of aliphatic hydroxyl groups excluding tert-OH is 1. The Morgan fingerprint density at radius 1 is 1.01 bits per heavy atom. The Morgan fingerprint density at radius 3 is 2.19 bits per heavy atom. The first-order valence-corrected chi connectivity index (χ1v) is 23.0. The number of benzene rings is 2. The van der Waals surface area contributed by atoms with Gasteiger partial charge in [0, 0.05) is 56.7 Å². The fourth-order valence-electron chi connectivity index (χ4n) is 9.59. The monoisotopic (exact) mass is 966 g/mol. The van der Waals surface area contributed by atoms with Gasteiger partial charge in [0.1, 0.15) is 23.4 Å². The van der Waals surface area contributed by atoms with Crippen LogP contribution in [0.15, 0.2) is 77.1 Å². The highest BCUT2D eigenvalue weighted by Gasteiger charge is 2.64. The van der Waals surface area contributed by atoms with Crippen molar-refractivity contribution in [3.8, 4) is 17.2 Å². The summed E-state index contributed by atoms with van der Waals surface area (Å²) in [6.45, 7) is 9.88. The number of phosphoric acid groups is 1. The van der Waals surface area contributed by atoms with Crippen molar-refractivity contribution in [2.45, 2.75) is 70.1 Å². The van der Waals surface area contributed by atoms with Crippen LogP contribution < -0.4 is 36.7 Å². The third-order valence-electron chi connectivity index (χ3n) is 12.4. The van der Waals surface area contributed by atoms with Crippen LogP contribution in [0.5, 0.6) is 17.2 Å². The van der Waals surface area contributed by atoms with Crippen LogP contribution >= 0.6 is 7.82 Å². The number of nitrogens with one attached hydrogen (secondary N) is 3. The van der Waals surface area contributed by atoms with Crippen molar-refractivity contribution in [2.75, 3.05) is 26.0 Å². The van der Waals surface area contributed by atoms with E-state index in [1.54, 1.807) is 37.9 Å². The number of aliphatic hydroxyl groups is 1. The summed E-state index contributed by atoms with van der Waals surface area (Å²) in [5.41, 5.74) is 2.28. The van der Waals surface area contributed by atoms with Gasteiger partial charge in [0.25, 0.3) is 5.56 Å². The van der Waals surface area contributed by atoms with E-state index in [2.05, 4.69) is 51.6 Å². The number of fused-ring (bicyclic) bond motifs is 1. The first-order valence-electron chi connectivity index (χ1n) is 21.4. The molecule has 2 bridgehead atoms. The molecular weight excluding hydrogens is 908 g/mol. The standard InChI is InChI=1S/C18H21NO3.C11H16N2O3.C8H10N4O2.C8H9NO2.H3O4P/c1-19-8-7-18-11-4-5-13(20)17(18)22-16-14(21-2)6-3-10(15(16)18)9-12(11)19;1-4-5-11(6-7(2)3)8(14)12-10(16)13-9(11)15;1-10-4-9-6-5(10)7(13)12(3)8(14)11(6)2;1-6(10)9-7-2-4-8(11)5-3-7;1-5(2,3)4/h3-6,11-13,17,20H,7-9H2,1-2H3;4,7H,1,5-6H2,2-3H3,(H2,12,13,14,15,16);4H,1-3H3;2-5,11H,1H3,(H,9,10);(H3,1,2,3,4)/t11-,12+,13-,17-,18-;;;;/m0..../s1. The number of likely N-dealkylation sites (N-methyl/N-ethyl adjacent to an activating group) is 1. The molecule has 5 aliphatic rings. The first kappa shape index (κ1) is 52.5. The van der Waals surface area contributed by atoms with Gasteiger partial charge in [-0.05, 0) is 81.1 Å². The van der Waals surface area contributed by atoms with Gasteiger partial charge in [-0.25, -0.2) is 19.1 Å². The fraction of sp³-hybridized carbons (Fsp3) is 0.444. The number of aromatic hydroxyl groups is 1. The van der Waals surface area contributed by atoms with E-state index in [0.717, 1.165) is 35.5 Å². The molecular formula is C45H59N8O14P. The summed E-state index contributed by atoms with van der Waals surface area (Å²) < 4.78 is 24.8. The average Bonchev–Trinajstić information content (AvgIpc) is 3.82. The molecule has 0 unspecified atom stereocenters. The highest BCUT2D eigenvalue weighted by atomic mass is 31.2. The molecule has 3 aliphatic heterocycles. The number of imidazole rings is 1. The maximum atomic E-state index is 11.8. The molecule has 2 aromatic carbocycles. The summed E-state index contributed by atoms with van der Waals surface area (Å²) in [6, 6.07) is 10.3. The summed E-state index contributed by atoms with van der Waals surface area (Å²) in [4.78, 5) is 96.3. The number of hydrogen-bond donors (Lipinski definition) is 8. The van der Waals surface area contributed by atoms with Gasteiger partial charge in [-0.1, -0.05) is 38.1 Å². The smallest absolute Gasteiger partial charge is 0.466 e. The summed E-state index contributed by atoms with van der Waals surface area (Å²) in [7, 11) is 4.04. The van der Waals surface area contributed by atoms with Gasteiger partial charge < -0.3 is 49.2 Å². The van der Waals surface area contributed by atoms with Gasteiger partial charge in [-0.15, -0.1) is 6.58 Å². The highest BCUT2D eigenvalue weighted by molar-refractivity contribution is 7.45. The molecule has 2 saturated heterocycles. The van der Waals surface area contributed by atoms with E-state index in [1.165, 1.54) is 54.2 Å². The molecule has 9 rings (SSSR count). The van der Waals surface area contributed by atoms with Crippen LogP contribution in [0.2, 0.25) is 0 Å². The maximum Gasteiger partial charge on any atom is 0.466 e. The molecule has 1 spiro atoms. The van der Waals surface area contributed by atoms with E-state index in [-0.39, 0.29) is 46.8 Å². The van der Waals surface area contributed by atoms with Gasteiger partial charge in [0.05, 0.1) is 13.4 Å². The first-order chi connectivity index (χ1) is 31.8. The largest absolute Gasteiger partial charge is 0.508 e. The number of carbonyl (C=O) groups excluding carboxylic acids is 4. The van der Waals surface area contributed by atoms with Gasteiger partial charge in [0.15, 0.2) is 22.7 Å². The van der Waals surface area contributed by atoms with Crippen LogP contribution in [0.25, 0.3) is 11.2 Å². The zero-order chi connectivity index (χ0) is 50.6. The number of phenolic OH excluding ortho intramolecular Hbond substituents is 1. The third-order valence-corrected chi connectivity index (χ3v) is 12.4. The van der Waals surface area contributed by atoms with E-state index >= 15 is 0 Å². The van der Waals surface area contributed by atoms with Crippen LogP contribution in [-0.2, 0) is 51.9 Å². The second-order valence-corrected chi connectivity index (χ2v) is 18.5. The number of aryl methyl sites for hydroxylation is 2. The number of phenols is 1. The number of nitrogens with zero attached hydrogens (tertiary/aromatic N) is 5. The molecule has 5 heterocycles. The van der Waals surface area contributed by atoms with Gasteiger partial charge >= 0.3 is 19.5 Å². The minimum atomic E-state index is -4.64. The normalized spacial score (nSPS) is 22.5. The Hall–Kier alpha value is -6.42. The lowest BCUT2D eigenvalue weighted by molar-refractivity contribution is -0.145. The van der Waals surface area contributed by atoms with Crippen molar-refractivity contribution in [1.82, 2.24) is 34.2 Å². The van der Waals surface area contributed by atoms with E-state index in [0.29, 0.717) is 35.2 Å². The van der Waals surface area contributed by atoms with Crippen molar-refractivity contribution in [1.29, 1.82) is 0 Å². The summed E-state index contributed by atoms with van der Waals surface area (Å²) in [5.74, 6) is 1.27. The number of urea groups is 1. The van der Waals surface area contributed by atoms with Gasteiger partial charge in [-0.3, -0.25) is 38.9 Å². The molecule has 2 fully saturated rings. The van der Waals surface area contributed by atoms with Crippen molar-refractivity contribution in [2.24, 2.45) is 38.4 Å². The second kappa shape index (κ2) is 20.8. The number of carbonyl (C=O) groups is 4. The molecule has 0 saturated carbocycles. The third kappa shape index (κ3) is 10.8. The summed E-state index contributed by atoms with van der Waals surface area (Å²) in [6.07, 6.45) is 9.21. The van der Waals surface area contributed by atoms with Crippen LogP contribution in [0, 0.1) is 17.3 Å². The number of allylic oxidation sites excluding steroid dienone is 1. The molecule has 68 heavy (non-hydrogen) atoms. The number of hydrogen-bond acceptors (Lipinski definition) is 13. The predicted molar refractivity (Wildman–Crippen MR) is 249 cm³/mol. The average molecular weight is 967 g/mol. The van der Waals surface area contributed by atoms with E-state index in [9.17, 15) is 33.9 Å². The highest BCUT2D eigenvalue weighted by Crippen LogP contribution is 2.62. The predicted octanol–water partition coefficient (Wildman–Crippen LogP) is 1.85. The number of rotatable bonds is 6. The molecule has 23 heteroatoms. The van der Waals surface area contributed by atoms with Crippen molar-refractivity contribution in [3.05, 3.63) is 99.5 Å². The SMILES string of the molecule is C=CCC1(CC(C)C)C(=O)NC(=O)NC1=O.CC(=O)Nc1ccc(O)cc1.COc1ccc2c3c1O[C@H]1[C@@H](O)C=C[C@H]4[C@@H](C2)N(C)CC[C@@]341.Cn1c(=O)c2c(ncn2C)n(C)c1=O.O=P(O)(O)O. The minimum Gasteiger partial charge on any atom is -0.508 e. The number of likely N-dealkylation sites (tertiary alicyclic amines) is 1. The maximum absolute atomic E-state index is 11.8. The lowest BCUT2D eigenvalue weighted by Crippen LogP contribution is -2.64. The molecule has 5 atom stereocenters. The number of anilines is 1. The number of piperidine rings is 1. The fourth-order valence-corrected chi connectivity index (χ4v) is 9.59. The number of ether oxygens (including phenoxy) is 2. The number of barbiturate groups is 1. The molecule has 0 radical (unpaired) electrons. The van der Waals surface area contributed by atoms with Crippen molar-refractivity contribution in [3.63, 3.8) is 0 Å². The van der Waals surface area contributed by atoms with E-state index in [4.69, 9.17) is 33.8 Å². The van der Waals surface area contributed by atoms with Crippen LogP contribution in [0.1, 0.15) is 51.2 Å². The van der Waals surface area contributed by atoms with Crippen molar-refractivity contribution < 1.29 is 58.1 Å². The van der Waals surface area contributed by atoms with Gasteiger partial charge in [0.2, 0.25) is 17.7 Å². The van der Waals surface area contributed by atoms with Crippen LogP contribution in [-0.4, -0.2) is 111 Å². The van der Waals surface area contributed by atoms with Crippen molar-refractivity contribution >= 4 is 48.4 Å². The second-order valence-electron chi connectivity index (χ2n) is 17.5. The Bertz CT molecular complexity index is 2750. The lowest BCUT2D eigenvalue weighted by atomic mass is 9.53. The quantitative estimate of drug-likeness (QED) is 0.0592. The zero-order valence-corrected chi connectivity index (χ0v) is 39.9. The van der Waals surface area contributed by atoms with Crippen LogP contribution in [0.3, 0.4) is 0 Å². The lowest BCUT2D eigenvalue weighted by Gasteiger charge is -2.56. The molecule has 4 aromatic rings. The topological polar surface area (TPSA) is 306 Å². The zero-order valence-electron chi connectivity index (χ0n) is 39.0. The molecule has 368 valence electrons. The molecule has 8 N–H and O–H groups in total. The van der Waals surface area contributed by atoms with E-state index in [1.807, 2.05) is 26.0 Å². The van der Waals surface area contributed by atoms with Crippen LogP contribution in [0.4, 0.5) is 10.5 Å². The molecule has 2 aliphatic carbocycles. The number of imide groups is 2. The Balaban J connectivity index is 0.000000169. The molecule has 2 aromatic heterocycles. The molecule has 22 nitrogen and oxygen atoms in total. The summed E-state index contributed by atoms with van der Waals surface area (Å²) in [5, 5.41) is 26.3. The summed E-state index contributed by atoms with van der Waals surface area (Å²) >= 11 is 0. The Kier molecular flexibility index (Phi) is 16.1. The molecule has 5 amide bonds. The Morgan fingerprint density at radius 2 is 1.63 bits per heavy atom. The van der Waals surface area contributed by atoms with Gasteiger partial charge in [-0.2, -0.15) is 0 Å². The number of methoxy groups -OCH3 is 1. The minimum absolute atomic E-state index is 0.0806. The number of amides is 5. The number of aromatic nitrogens is 4. The van der Waals surface area contributed by atoms with E-state index < -0.39 is 37.2 Å².